The SMILES string of the molecule is Cc1ccn2c(CN3CCCCC3)c(C(C)(C)C)nc2n1. The van der Waals surface area contributed by atoms with Crippen molar-refractivity contribution in [3.05, 3.63) is 29.3 Å². The second kappa shape index (κ2) is 5.41. The maximum atomic E-state index is 4.84. The molecule has 21 heavy (non-hydrogen) atoms. The number of nitrogens with zero attached hydrogens (tertiary/aromatic N) is 4. The lowest BCUT2D eigenvalue weighted by Crippen LogP contribution is -2.31. The molecule has 3 rings (SSSR count). The predicted octanol–water partition coefficient (Wildman–Crippen LogP) is 3.32. The summed E-state index contributed by atoms with van der Waals surface area (Å²) in [7, 11) is 0. The number of aryl methyl sites for hydroxylation is 1. The average Bonchev–Trinajstić information content (AvgIpc) is 2.78. The Morgan fingerprint density at radius 3 is 2.48 bits per heavy atom. The third-order valence-electron chi connectivity index (χ3n) is 4.27. The molecule has 2 aromatic heterocycles. The molecule has 4 nitrogen and oxygen atoms in total. The van der Waals surface area contributed by atoms with Gasteiger partial charge >= 0.3 is 0 Å². The van der Waals surface area contributed by atoms with Gasteiger partial charge in [-0.15, -0.1) is 0 Å². The minimum atomic E-state index is 0.0483. The quantitative estimate of drug-likeness (QED) is 0.849. The van der Waals surface area contributed by atoms with Crippen LogP contribution in [0.5, 0.6) is 0 Å². The number of likely N-dealkylation sites (tertiary alicyclic amines) is 1. The largest absolute Gasteiger partial charge is 0.298 e. The van der Waals surface area contributed by atoms with Crippen LogP contribution in [-0.4, -0.2) is 32.4 Å². The predicted molar refractivity (Wildman–Crippen MR) is 85.6 cm³/mol. The van der Waals surface area contributed by atoms with Gasteiger partial charge in [0, 0.05) is 23.9 Å². The van der Waals surface area contributed by atoms with Crippen LogP contribution in [0.2, 0.25) is 0 Å². The van der Waals surface area contributed by atoms with Crippen LogP contribution in [0, 0.1) is 6.92 Å². The molecule has 3 heterocycles. The van der Waals surface area contributed by atoms with Gasteiger partial charge in [-0.2, -0.15) is 0 Å². The normalized spacial score (nSPS) is 17.5. The highest BCUT2D eigenvalue weighted by atomic mass is 15.2. The molecule has 2 aromatic rings. The Morgan fingerprint density at radius 1 is 1.10 bits per heavy atom. The second-order valence-electron chi connectivity index (χ2n) is 7.23. The molecular weight excluding hydrogens is 260 g/mol. The van der Waals surface area contributed by atoms with Gasteiger partial charge < -0.3 is 0 Å². The summed E-state index contributed by atoms with van der Waals surface area (Å²) >= 11 is 0. The van der Waals surface area contributed by atoms with E-state index in [1.165, 1.54) is 43.7 Å². The smallest absolute Gasteiger partial charge is 0.234 e. The summed E-state index contributed by atoms with van der Waals surface area (Å²) in [5.74, 6) is 0.840. The number of imidazole rings is 1. The molecule has 0 aromatic carbocycles. The maximum Gasteiger partial charge on any atom is 0.234 e. The van der Waals surface area contributed by atoms with Gasteiger partial charge in [-0.05, 0) is 38.9 Å². The van der Waals surface area contributed by atoms with E-state index >= 15 is 0 Å². The fourth-order valence-electron chi connectivity index (χ4n) is 3.15. The molecule has 0 N–H and O–H groups in total. The first-order valence-corrected chi connectivity index (χ1v) is 8.02. The van der Waals surface area contributed by atoms with Gasteiger partial charge in [0.1, 0.15) is 0 Å². The summed E-state index contributed by atoms with van der Waals surface area (Å²) in [6.45, 7) is 12.1. The van der Waals surface area contributed by atoms with Crippen LogP contribution in [-0.2, 0) is 12.0 Å². The molecule has 0 unspecified atom stereocenters. The highest BCUT2D eigenvalue weighted by molar-refractivity contribution is 5.39. The highest BCUT2D eigenvalue weighted by Gasteiger charge is 2.25. The zero-order valence-corrected chi connectivity index (χ0v) is 13.7. The first-order valence-electron chi connectivity index (χ1n) is 8.02. The Hall–Kier alpha value is -1.42. The van der Waals surface area contributed by atoms with Crippen LogP contribution in [0.1, 0.15) is 57.1 Å². The summed E-state index contributed by atoms with van der Waals surface area (Å²) in [6.07, 6.45) is 6.13. The summed E-state index contributed by atoms with van der Waals surface area (Å²) in [5, 5.41) is 0. The molecule has 1 aliphatic heterocycles. The number of hydrogen-bond acceptors (Lipinski definition) is 3. The fraction of sp³-hybridized carbons (Fsp3) is 0.647. The Bertz CT molecular complexity index is 630. The zero-order valence-electron chi connectivity index (χ0n) is 13.7. The maximum absolute atomic E-state index is 4.84. The number of rotatable bonds is 2. The van der Waals surface area contributed by atoms with Gasteiger partial charge in [0.25, 0.3) is 0 Å². The molecule has 0 bridgehead atoms. The van der Waals surface area contributed by atoms with Gasteiger partial charge in [0.2, 0.25) is 5.78 Å². The molecule has 1 aliphatic rings. The second-order valence-corrected chi connectivity index (χ2v) is 7.23. The first-order chi connectivity index (χ1) is 9.95. The van der Waals surface area contributed by atoms with Gasteiger partial charge in [-0.1, -0.05) is 27.2 Å². The van der Waals surface area contributed by atoms with Gasteiger partial charge in [-0.25, -0.2) is 9.97 Å². The number of aromatic nitrogens is 3. The van der Waals surface area contributed by atoms with Crippen LogP contribution >= 0.6 is 0 Å². The van der Waals surface area contributed by atoms with E-state index < -0.39 is 0 Å². The summed E-state index contributed by atoms with van der Waals surface area (Å²) < 4.78 is 2.18. The number of fused-ring (bicyclic) bond motifs is 1. The van der Waals surface area contributed by atoms with Crippen molar-refractivity contribution in [1.29, 1.82) is 0 Å². The van der Waals surface area contributed by atoms with Crippen molar-refractivity contribution >= 4 is 5.78 Å². The standard InChI is InChI=1S/C17H26N4/c1-13-8-11-21-14(12-20-9-6-5-7-10-20)15(17(2,3)4)19-16(21)18-13/h8,11H,5-7,9-10,12H2,1-4H3. The van der Waals surface area contributed by atoms with Crippen molar-refractivity contribution in [2.24, 2.45) is 0 Å². The third-order valence-corrected chi connectivity index (χ3v) is 4.27. The fourth-order valence-corrected chi connectivity index (χ4v) is 3.15. The van der Waals surface area contributed by atoms with Crippen molar-refractivity contribution in [2.45, 2.75) is 58.9 Å². The Morgan fingerprint density at radius 2 is 1.81 bits per heavy atom. The van der Waals surface area contributed by atoms with Crippen LogP contribution in [0.25, 0.3) is 5.78 Å². The van der Waals surface area contributed by atoms with Gasteiger partial charge in [0.05, 0.1) is 11.4 Å². The molecule has 0 radical (unpaired) electrons. The van der Waals surface area contributed by atoms with Crippen LogP contribution in [0.3, 0.4) is 0 Å². The van der Waals surface area contributed by atoms with E-state index in [0.717, 1.165) is 18.0 Å². The monoisotopic (exact) mass is 286 g/mol. The number of hydrogen-bond donors (Lipinski definition) is 0. The lowest BCUT2D eigenvalue weighted by Gasteiger charge is -2.28. The molecule has 0 atom stereocenters. The molecule has 1 saturated heterocycles. The highest BCUT2D eigenvalue weighted by Crippen LogP contribution is 2.27. The number of piperidine rings is 1. The van der Waals surface area contributed by atoms with Gasteiger partial charge in [-0.3, -0.25) is 9.30 Å². The van der Waals surface area contributed by atoms with Crippen LogP contribution in [0.15, 0.2) is 12.3 Å². The van der Waals surface area contributed by atoms with E-state index in [0.29, 0.717) is 0 Å². The van der Waals surface area contributed by atoms with Crippen molar-refractivity contribution in [3.8, 4) is 0 Å². The van der Waals surface area contributed by atoms with Crippen molar-refractivity contribution < 1.29 is 0 Å². The van der Waals surface area contributed by atoms with E-state index in [4.69, 9.17) is 4.98 Å². The van der Waals surface area contributed by atoms with E-state index in [-0.39, 0.29) is 5.41 Å². The van der Waals surface area contributed by atoms with Crippen LogP contribution < -0.4 is 0 Å². The lowest BCUT2D eigenvalue weighted by molar-refractivity contribution is 0.216. The molecule has 0 spiro atoms. The minimum absolute atomic E-state index is 0.0483. The minimum Gasteiger partial charge on any atom is -0.298 e. The molecule has 114 valence electrons. The zero-order chi connectivity index (χ0) is 15.0. The molecule has 0 aliphatic carbocycles. The van der Waals surface area contributed by atoms with Crippen molar-refractivity contribution in [2.75, 3.05) is 13.1 Å². The molecule has 4 heteroatoms. The Labute approximate surface area is 127 Å². The summed E-state index contributed by atoms with van der Waals surface area (Å²) in [5.41, 5.74) is 3.57. The molecule has 0 saturated carbocycles. The first kappa shape index (κ1) is 14.5. The van der Waals surface area contributed by atoms with Crippen molar-refractivity contribution in [3.63, 3.8) is 0 Å². The van der Waals surface area contributed by atoms with E-state index in [1.807, 2.05) is 6.92 Å². The Kier molecular flexibility index (Phi) is 3.74. The van der Waals surface area contributed by atoms with Crippen molar-refractivity contribution in [1.82, 2.24) is 19.3 Å². The average molecular weight is 286 g/mol. The molecular formula is C17H26N4. The lowest BCUT2D eigenvalue weighted by atomic mass is 9.90. The van der Waals surface area contributed by atoms with E-state index in [1.54, 1.807) is 0 Å². The third kappa shape index (κ3) is 2.95. The van der Waals surface area contributed by atoms with E-state index in [9.17, 15) is 0 Å². The Balaban J connectivity index is 2.04. The molecule has 1 fully saturated rings. The molecule has 0 amide bonds. The van der Waals surface area contributed by atoms with Crippen LogP contribution in [0.4, 0.5) is 0 Å². The van der Waals surface area contributed by atoms with E-state index in [2.05, 4.69) is 47.3 Å². The summed E-state index contributed by atoms with van der Waals surface area (Å²) in [4.78, 5) is 12.0. The topological polar surface area (TPSA) is 33.4 Å². The van der Waals surface area contributed by atoms with Gasteiger partial charge in [0.15, 0.2) is 0 Å². The summed E-state index contributed by atoms with van der Waals surface area (Å²) in [6, 6.07) is 2.07.